The minimum atomic E-state index is 0.453. The number of aromatic nitrogens is 4. The van der Waals surface area contributed by atoms with Gasteiger partial charge in [0.25, 0.3) is 0 Å². The largest absolute Gasteiger partial charge is 0.383 e. The molecule has 0 unspecified atom stereocenters. The van der Waals surface area contributed by atoms with Gasteiger partial charge in [-0.1, -0.05) is 44.2 Å². The number of pyridine rings is 2. The Kier molecular flexibility index (Phi) is 8.46. The Morgan fingerprint density at radius 3 is 2.41 bits per heavy atom. The Morgan fingerprint density at radius 2 is 1.72 bits per heavy atom. The lowest BCUT2D eigenvalue weighted by Crippen LogP contribution is -2.50. The highest BCUT2D eigenvalue weighted by Gasteiger charge is 2.20. The molecule has 1 aromatic carbocycles. The molecule has 0 radical (unpaired) electrons. The molecule has 2 aliphatic rings. The zero-order valence-corrected chi connectivity index (χ0v) is 23.1. The number of rotatable bonds is 6. The van der Waals surface area contributed by atoms with Gasteiger partial charge in [0.05, 0.1) is 11.3 Å². The van der Waals surface area contributed by atoms with Crippen molar-refractivity contribution >= 4 is 22.6 Å². The fraction of sp³-hybridized carbons (Fsp3) is 0.323. The van der Waals surface area contributed by atoms with Crippen LogP contribution in [-0.2, 0) is 6.54 Å². The van der Waals surface area contributed by atoms with E-state index >= 15 is 0 Å². The van der Waals surface area contributed by atoms with Crippen LogP contribution in [0.2, 0.25) is 0 Å². The van der Waals surface area contributed by atoms with Crippen LogP contribution < -0.4 is 11.2 Å². The summed E-state index contributed by atoms with van der Waals surface area (Å²) < 4.78 is 2.11. The second-order valence-corrected chi connectivity index (χ2v) is 9.54. The highest BCUT2D eigenvalue weighted by Crippen LogP contribution is 2.31. The molecule has 4 heterocycles. The lowest BCUT2D eigenvalue weighted by Gasteiger charge is -2.34. The molecule has 0 saturated carbocycles. The molecule has 1 aliphatic heterocycles. The first-order valence-electron chi connectivity index (χ1n) is 13.9. The van der Waals surface area contributed by atoms with Crippen LogP contribution in [-0.4, -0.2) is 62.7 Å². The van der Waals surface area contributed by atoms with Crippen LogP contribution >= 0.6 is 0 Å². The number of nitrogens with one attached hydrogen (secondary N) is 1. The predicted octanol–water partition coefficient (Wildman–Crippen LogP) is 5.08. The van der Waals surface area contributed by atoms with Gasteiger partial charge >= 0.3 is 0 Å². The third kappa shape index (κ3) is 5.78. The molecule has 8 nitrogen and oxygen atoms in total. The average Bonchev–Trinajstić information content (AvgIpc) is 3.38. The number of imidazole rings is 1. The number of hydrogen-bond donors (Lipinski definition) is 2. The SMILES string of the molecule is CC.CNN1CCN(Cc2ccc(-n3c(-c4cccnc4N)nc4ccc(C5=CCCC=C5)nc43)cc2)CC1. The summed E-state index contributed by atoms with van der Waals surface area (Å²) in [6, 6.07) is 16.7. The molecule has 0 atom stereocenters. The third-order valence-corrected chi connectivity index (χ3v) is 7.16. The molecule has 3 aromatic heterocycles. The Labute approximate surface area is 230 Å². The summed E-state index contributed by atoms with van der Waals surface area (Å²) in [5, 5.41) is 2.26. The van der Waals surface area contributed by atoms with Crippen LogP contribution in [0, 0.1) is 0 Å². The van der Waals surface area contributed by atoms with Gasteiger partial charge in [0.15, 0.2) is 11.5 Å². The number of nitrogens with zero attached hydrogens (tertiary/aromatic N) is 6. The Hall–Kier alpha value is -3.85. The van der Waals surface area contributed by atoms with Crippen molar-refractivity contribution in [2.24, 2.45) is 0 Å². The van der Waals surface area contributed by atoms with Crippen molar-refractivity contribution in [1.29, 1.82) is 0 Å². The fourth-order valence-corrected chi connectivity index (χ4v) is 5.09. The van der Waals surface area contributed by atoms with Gasteiger partial charge in [-0.3, -0.25) is 14.9 Å². The number of hydrazine groups is 1. The maximum atomic E-state index is 6.30. The molecule has 4 aromatic rings. The van der Waals surface area contributed by atoms with E-state index in [0.29, 0.717) is 5.82 Å². The number of benzene rings is 1. The summed E-state index contributed by atoms with van der Waals surface area (Å²) in [5.41, 5.74) is 16.4. The molecule has 1 fully saturated rings. The van der Waals surface area contributed by atoms with E-state index < -0.39 is 0 Å². The Balaban J connectivity index is 0.00000151. The first kappa shape index (κ1) is 26.7. The third-order valence-electron chi connectivity index (χ3n) is 7.16. The zero-order valence-electron chi connectivity index (χ0n) is 23.1. The lowest BCUT2D eigenvalue weighted by molar-refractivity contribution is 0.0947. The predicted molar refractivity (Wildman–Crippen MR) is 160 cm³/mol. The quantitative estimate of drug-likeness (QED) is 0.365. The van der Waals surface area contributed by atoms with Crippen LogP contribution in [0.5, 0.6) is 0 Å². The monoisotopic (exact) mass is 522 g/mol. The van der Waals surface area contributed by atoms with E-state index in [9.17, 15) is 0 Å². The van der Waals surface area contributed by atoms with E-state index in [-0.39, 0.29) is 0 Å². The van der Waals surface area contributed by atoms with Crippen molar-refractivity contribution in [1.82, 2.24) is 34.9 Å². The summed E-state index contributed by atoms with van der Waals surface area (Å²) >= 11 is 0. The summed E-state index contributed by atoms with van der Waals surface area (Å²) in [6.07, 6.45) is 10.4. The first-order chi connectivity index (χ1) is 19.2. The van der Waals surface area contributed by atoms with Gasteiger partial charge in [-0.25, -0.2) is 20.0 Å². The first-order valence-corrected chi connectivity index (χ1v) is 13.9. The van der Waals surface area contributed by atoms with Gasteiger partial charge < -0.3 is 5.73 Å². The van der Waals surface area contributed by atoms with Gasteiger partial charge in [-0.15, -0.1) is 0 Å². The number of nitrogens with two attached hydrogens (primary N) is 1. The smallest absolute Gasteiger partial charge is 0.165 e. The van der Waals surface area contributed by atoms with Gasteiger partial charge in [-0.2, -0.15) is 0 Å². The molecule has 3 N–H and O–H groups in total. The molecule has 0 bridgehead atoms. The molecule has 8 heteroatoms. The zero-order chi connectivity index (χ0) is 27.2. The second-order valence-electron chi connectivity index (χ2n) is 9.54. The highest BCUT2D eigenvalue weighted by molar-refractivity contribution is 5.85. The van der Waals surface area contributed by atoms with Crippen molar-refractivity contribution in [3.8, 4) is 17.1 Å². The average molecular weight is 523 g/mol. The van der Waals surface area contributed by atoms with E-state index in [4.69, 9.17) is 15.7 Å². The lowest BCUT2D eigenvalue weighted by atomic mass is 10.0. The van der Waals surface area contributed by atoms with E-state index in [1.54, 1.807) is 6.20 Å². The molecule has 202 valence electrons. The topological polar surface area (TPSA) is 88.1 Å². The number of fused-ring (bicyclic) bond motifs is 1. The van der Waals surface area contributed by atoms with Crippen molar-refractivity contribution < 1.29 is 0 Å². The molecule has 1 saturated heterocycles. The molecule has 1 aliphatic carbocycles. The number of nitrogen functional groups attached to an aromatic ring is 1. The van der Waals surface area contributed by atoms with Crippen LogP contribution in [0.25, 0.3) is 33.8 Å². The summed E-state index contributed by atoms with van der Waals surface area (Å²) in [6.45, 7) is 9.11. The standard InChI is InChI=1S/C29H32N8.C2H6/c1-31-36-18-16-35(17-19-36)20-21-9-11-23(12-10-21)37-28(24-8-5-15-32-27(24)30)34-26-14-13-25(33-29(26)37)22-6-3-2-4-7-22;1-2/h3,5-15,31H,2,4,16-20H2,1H3,(H2,30,32);1-2H3. The van der Waals surface area contributed by atoms with Gasteiger partial charge in [0, 0.05) is 44.6 Å². The van der Waals surface area contributed by atoms with Crippen LogP contribution in [0.4, 0.5) is 5.82 Å². The van der Waals surface area contributed by atoms with Gasteiger partial charge in [0.2, 0.25) is 0 Å². The maximum Gasteiger partial charge on any atom is 0.165 e. The second kappa shape index (κ2) is 12.3. The molecule has 6 rings (SSSR count). The summed E-state index contributed by atoms with van der Waals surface area (Å²) in [4.78, 5) is 16.9. The Morgan fingerprint density at radius 1 is 0.923 bits per heavy atom. The van der Waals surface area contributed by atoms with Crippen LogP contribution in [0.1, 0.15) is 37.9 Å². The van der Waals surface area contributed by atoms with E-state index in [0.717, 1.165) is 85.1 Å². The number of hydrogen-bond acceptors (Lipinski definition) is 7. The molecule has 0 spiro atoms. The van der Waals surface area contributed by atoms with Gasteiger partial charge in [-0.05, 0) is 67.4 Å². The normalized spacial score (nSPS) is 16.1. The van der Waals surface area contributed by atoms with Crippen LogP contribution in [0.3, 0.4) is 0 Å². The van der Waals surface area contributed by atoms with E-state index in [1.807, 2.05) is 39.1 Å². The minimum Gasteiger partial charge on any atom is -0.383 e. The summed E-state index contributed by atoms with van der Waals surface area (Å²) in [7, 11) is 1.99. The van der Waals surface area contributed by atoms with Crippen molar-refractivity contribution in [3.05, 3.63) is 84.2 Å². The molecular weight excluding hydrogens is 484 g/mol. The number of piperazine rings is 1. The van der Waals surface area contributed by atoms with E-state index in [2.05, 4.69) is 73.4 Å². The van der Waals surface area contributed by atoms with Gasteiger partial charge in [0.1, 0.15) is 11.3 Å². The molecule has 39 heavy (non-hydrogen) atoms. The van der Waals surface area contributed by atoms with Crippen molar-refractivity contribution in [2.75, 3.05) is 39.0 Å². The van der Waals surface area contributed by atoms with E-state index in [1.165, 1.54) is 5.56 Å². The van der Waals surface area contributed by atoms with Crippen LogP contribution in [0.15, 0.2) is 73.0 Å². The molecular formula is C31H38N8. The maximum absolute atomic E-state index is 6.30. The Bertz CT molecular complexity index is 1460. The van der Waals surface area contributed by atoms with Crippen molar-refractivity contribution in [3.63, 3.8) is 0 Å². The summed E-state index contributed by atoms with van der Waals surface area (Å²) in [5.74, 6) is 1.20. The van der Waals surface area contributed by atoms with Crippen molar-refractivity contribution in [2.45, 2.75) is 33.2 Å². The molecule has 0 amide bonds. The fourth-order valence-electron chi connectivity index (χ4n) is 5.09. The number of allylic oxidation sites excluding steroid dienone is 4. The number of anilines is 1. The highest BCUT2D eigenvalue weighted by atomic mass is 15.5. The minimum absolute atomic E-state index is 0.453.